The summed E-state index contributed by atoms with van der Waals surface area (Å²) in [5, 5.41) is 2.88. The topological polar surface area (TPSA) is 145 Å². The lowest BCUT2D eigenvalue weighted by atomic mass is 10.2. The molecule has 1 heterocycles. The van der Waals surface area contributed by atoms with Crippen molar-refractivity contribution in [1.82, 2.24) is 14.2 Å². The van der Waals surface area contributed by atoms with Gasteiger partial charge in [0.15, 0.2) is 0 Å². The summed E-state index contributed by atoms with van der Waals surface area (Å²) < 4.78 is 44.9. The van der Waals surface area contributed by atoms with Crippen LogP contribution in [0, 0.1) is 11.8 Å². The maximum Gasteiger partial charge on any atom is 0.320 e. The fourth-order valence-electron chi connectivity index (χ4n) is 3.83. The van der Waals surface area contributed by atoms with Gasteiger partial charge in [-0.25, -0.2) is 8.42 Å². The predicted octanol–water partition coefficient (Wildman–Crippen LogP) is 3.98. The summed E-state index contributed by atoms with van der Waals surface area (Å²) in [6, 6.07) is 11.0. The molecule has 0 aliphatic rings. The number of pyridine rings is 1. The summed E-state index contributed by atoms with van der Waals surface area (Å²) in [6.07, 6.45) is 0. The van der Waals surface area contributed by atoms with Gasteiger partial charge in [0.25, 0.3) is 0 Å². The van der Waals surface area contributed by atoms with Crippen molar-refractivity contribution in [3.63, 3.8) is 0 Å². The highest BCUT2D eigenvalue weighted by molar-refractivity contribution is 7.89. The summed E-state index contributed by atoms with van der Waals surface area (Å²) in [4.78, 5) is 42.0. The maximum atomic E-state index is 13.6. The van der Waals surface area contributed by atoms with Crippen LogP contribution in [0.1, 0.15) is 52.9 Å². The van der Waals surface area contributed by atoms with Crippen molar-refractivity contribution >= 4 is 27.6 Å². The standard InChI is InChI=1S/C29H42N4O8S/c1-22-11-10-12-23(30-22)19-33(42(37,38)25-14-9-8-13-24(25)31-36)16-18-39-17-15-32(20-26(34)40-28(2,3)4)21-27(35)41-29(5,6)7/h8-14H,15-21H2,1-7H3. The van der Waals surface area contributed by atoms with Crippen LogP contribution in [-0.2, 0) is 40.4 Å². The van der Waals surface area contributed by atoms with Crippen molar-refractivity contribution in [3.8, 4) is 0 Å². The van der Waals surface area contributed by atoms with Crippen LogP contribution in [0.4, 0.5) is 5.69 Å². The Morgan fingerprint density at radius 2 is 1.43 bits per heavy atom. The van der Waals surface area contributed by atoms with Gasteiger partial charge in [-0.15, -0.1) is 4.91 Å². The Bertz CT molecular complexity index is 1290. The zero-order valence-electron chi connectivity index (χ0n) is 25.5. The van der Waals surface area contributed by atoms with Crippen LogP contribution in [0.5, 0.6) is 0 Å². The number of carbonyl (C=O) groups is 2. The number of ether oxygens (including phenoxy) is 3. The van der Waals surface area contributed by atoms with E-state index in [-0.39, 0.29) is 56.5 Å². The molecule has 0 bridgehead atoms. The molecule has 0 atom stereocenters. The fraction of sp³-hybridized carbons (Fsp3) is 0.552. The van der Waals surface area contributed by atoms with E-state index < -0.39 is 33.2 Å². The van der Waals surface area contributed by atoms with Gasteiger partial charge in [-0.05, 0) is 77.9 Å². The number of rotatable bonds is 15. The Labute approximate surface area is 248 Å². The molecule has 0 saturated heterocycles. The number of aryl methyl sites for hydroxylation is 1. The number of nitroso groups, excluding NO2 is 1. The van der Waals surface area contributed by atoms with Gasteiger partial charge in [0.05, 0.1) is 38.5 Å². The van der Waals surface area contributed by atoms with Gasteiger partial charge in [0.1, 0.15) is 21.8 Å². The molecule has 232 valence electrons. The SMILES string of the molecule is Cc1cccc(CN(CCOCCN(CC(=O)OC(C)(C)C)CC(=O)OC(C)(C)C)S(=O)(=O)c2ccccc2N=O)n1. The second-order valence-electron chi connectivity index (χ2n) is 11.7. The maximum absolute atomic E-state index is 13.6. The highest BCUT2D eigenvalue weighted by Gasteiger charge is 2.28. The van der Waals surface area contributed by atoms with Gasteiger partial charge < -0.3 is 14.2 Å². The third kappa shape index (κ3) is 12.3. The number of hydrogen-bond acceptors (Lipinski definition) is 11. The minimum Gasteiger partial charge on any atom is -0.459 e. The molecule has 0 spiro atoms. The van der Waals surface area contributed by atoms with Crippen molar-refractivity contribution in [3.05, 3.63) is 58.8 Å². The third-order valence-corrected chi connectivity index (χ3v) is 7.34. The molecule has 2 aromatic rings. The molecule has 0 amide bonds. The van der Waals surface area contributed by atoms with Gasteiger partial charge in [-0.2, -0.15) is 4.31 Å². The van der Waals surface area contributed by atoms with Gasteiger partial charge in [-0.3, -0.25) is 19.5 Å². The van der Waals surface area contributed by atoms with E-state index in [1.165, 1.54) is 28.6 Å². The van der Waals surface area contributed by atoms with Crippen molar-refractivity contribution in [2.24, 2.45) is 5.18 Å². The molecule has 0 saturated carbocycles. The monoisotopic (exact) mass is 606 g/mol. The first-order valence-corrected chi connectivity index (χ1v) is 15.0. The number of nitrogens with zero attached hydrogens (tertiary/aromatic N) is 4. The Kier molecular flexibility index (Phi) is 12.7. The third-order valence-electron chi connectivity index (χ3n) is 5.45. The second-order valence-corrected chi connectivity index (χ2v) is 13.6. The Hall–Kier alpha value is -3.26. The van der Waals surface area contributed by atoms with E-state index in [1.807, 2.05) is 0 Å². The molecule has 12 nitrogen and oxygen atoms in total. The van der Waals surface area contributed by atoms with E-state index >= 15 is 0 Å². The van der Waals surface area contributed by atoms with E-state index in [9.17, 15) is 22.9 Å². The van der Waals surface area contributed by atoms with Crippen LogP contribution in [0.2, 0.25) is 0 Å². The average Bonchev–Trinajstić information content (AvgIpc) is 2.85. The zero-order valence-corrected chi connectivity index (χ0v) is 26.3. The van der Waals surface area contributed by atoms with Crippen LogP contribution in [0.15, 0.2) is 52.5 Å². The quantitative estimate of drug-likeness (QED) is 0.166. The molecular formula is C29H42N4O8S. The van der Waals surface area contributed by atoms with E-state index in [2.05, 4.69) is 10.2 Å². The van der Waals surface area contributed by atoms with Crippen LogP contribution < -0.4 is 0 Å². The van der Waals surface area contributed by atoms with E-state index in [4.69, 9.17) is 14.2 Å². The molecule has 0 aliphatic carbocycles. The number of benzene rings is 1. The minimum absolute atomic E-state index is 0.00551. The van der Waals surface area contributed by atoms with Crippen molar-refractivity contribution in [2.45, 2.75) is 71.1 Å². The number of sulfonamides is 1. The molecular weight excluding hydrogens is 564 g/mol. The fourth-order valence-corrected chi connectivity index (χ4v) is 5.35. The molecule has 42 heavy (non-hydrogen) atoms. The van der Waals surface area contributed by atoms with Crippen LogP contribution in [0.3, 0.4) is 0 Å². The van der Waals surface area contributed by atoms with Gasteiger partial charge in [0.2, 0.25) is 10.0 Å². The first-order chi connectivity index (χ1) is 19.5. The second kappa shape index (κ2) is 15.3. The summed E-state index contributed by atoms with van der Waals surface area (Å²) in [5.41, 5.74) is -0.322. The average molecular weight is 607 g/mol. The smallest absolute Gasteiger partial charge is 0.320 e. The Morgan fingerprint density at radius 3 is 1.98 bits per heavy atom. The van der Waals surface area contributed by atoms with Crippen molar-refractivity contribution < 1.29 is 32.2 Å². The summed E-state index contributed by atoms with van der Waals surface area (Å²) in [5.74, 6) is -1.01. The number of esters is 2. The van der Waals surface area contributed by atoms with Crippen LogP contribution in [0.25, 0.3) is 0 Å². The normalized spacial score (nSPS) is 12.4. The molecule has 2 rings (SSSR count). The molecule has 1 aromatic heterocycles. The van der Waals surface area contributed by atoms with Crippen LogP contribution in [-0.4, -0.2) is 85.1 Å². The first-order valence-electron chi connectivity index (χ1n) is 13.6. The number of aromatic nitrogens is 1. The molecule has 1 aromatic carbocycles. The molecule has 0 fully saturated rings. The van der Waals surface area contributed by atoms with Gasteiger partial charge >= 0.3 is 11.9 Å². The largest absolute Gasteiger partial charge is 0.459 e. The lowest BCUT2D eigenvalue weighted by molar-refractivity contribution is -0.160. The summed E-state index contributed by atoms with van der Waals surface area (Å²) in [7, 11) is -4.14. The van der Waals surface area contributed by atoms with E-state index in [1.54, 1.807) is 71.6 Å². The molecule has 0 N–H and O–H groups in total. The van der Waals surface area contributed by atoms with E-state index in [0.717, 1.165) is 5.69 Å². The number of carbonyl (C=O) groups excluding carboxylic acids is 2. The Morgan fingerprint density at radius 1 is 0.857 bits per heavy atom. The summed E-state index contributed by atoms with van der Waals surface area (Å²) >= 11 is 0. The molecule has 0 unspecified atom stereocenters. The predicted molar refractivity (Wildman–Crippen MR) is 157 cm³/mol. The van der Waals surface area contributed by atoms with Gasteiger partial charge in [-0.1, -0.05) is 18.2 Å². The lowest BCUT2D eigenvalue weighted by Gasteiger charge is -2.26. The molecule has 0 aliphatic heterocycles. The molecule has 13 heteroatoms. The highest BCUT2D eigenvalue weighted by Crippen LogP contribution is 2.27. The van der Waals surface area contributed by atoms with Crippen LogP contribution >= 0.6 is 0 Å². The van der Waals surface area contributed by atoms with Crippen molar-refractivity contribution in [1.29, 1.82) is 0 Å². The zero-order chi connectivity index (χ0) is 31.6. The highest BCUT2D eigenvalue weighted by atomic mass is 32.2. The summed E-state index contributed by atoms with van der Waals surface area (Å²) in [6.45, 7) is 12.2. The van der Waals surface area contributed by atoms with E-state index in [0.29, 0.717) is 5.69 Å². The van der Waals surface area contributed by atoms with Crippen molar-refractivity contribution in [2.75, 3.05) is 39.4 Å². The van der Waals surface area contributed by atoms with Gasteiger partial charge in [0, 0.05) is 18.8 Å². The molecule has 0 radical (unpaired) electrons. The minimum atomic E-state index is -4.14. The lowest BCUT2D eigenvalue weighted by Crippen LogP contribution is -2.41. The first kappa shape index (κ1) is 34.9. The number of hydrogen-bond donors (Lipinski definition) is 0. The Balaban J connectivity index is 2.11.